The molecular weight excluding hydrogens is 420 g/mol. The first-order valence-corrected chi connectivity index (χ1v) is 10.5. The topological polar surface area (TPSA) is 121 Å². The molecular formula is C21H20N4O5S. The molecule has 3 aromatic rings. The number of sulfonamides is 1. The third-order valence-electron chi connectivity index (χ3n) is 4.17. The number of rotatable bonds is 8. The molecule has 10 heteroatoms. The van der Waals surface area contributed by atoms with Crippen molar-refractivity contribution in [1.82, 2.24) is 10.4 Å². The second-order valence-electron chi connectivity index (χ2n) is 6.20. The number of carbonyl (C=O) groups is 1. The number of nitrogens with one attached hydrogen (secondary N) is 1. The highest BCUT2D eigenvalue weighted by Crippen LogP contribution is 2.28. The summed E-state index contributed by atoms with van der Waals surface area (Å²) >= 11 is 0. The summed E-state index contributed by atoms with van der Waals surface area (Å²) in [6.45, 7) is -0.546. The first-order valence-electron chi connectivity index (χ1n) is 9.10. The van der Waals surface area contributed by atoms with Crippen LogP contribution in [0.3, 0.4) is 0 Å². The lowest BCUT2D eigenvalue weighted by Gasteiger charge is -2.22. The number of methoxy groups -OCH3 is 1. The van der Waals surface area contributed by atoms with E-state index in [1.165, 1.54) is 37.7 Å². The van der Waals surface area contributed by atoms with Crippen molar-refractivity contribution in [2.45, 2.75) is 4.90 Å². The Bertz CT molecular complexity index is 1170. The zero-order valence-corrected chi connectivity index (χ0v) is 17.4. The maximum absolute atomic E-state index is 13.1. The molecule has 0 aliphatic rings. The normalized spacial score (nSPS) is 11.3. The molecule has 0 aliphatic carbocycles. The fourth-order valence-electron chi connectivity index (χ4n) is 2.66. The van der Waals surface area contributed by atoms with E-state index in [1.54, 1.807) is 48.5 Å². The van der Waals surface area contributed by atoms with Crippen LogP contribution in [0, 0.1) is 0 Å². The Balaban J connectivity index is 1.80. The molecule has 0 saturated carbocycles. The molecule has 160 valence electrons. The van der Waals surface area contributed by atoms with Gasteiger partial charge in [-0.2, -0.15) is 5.10 Å². The van der Waals surface area contributed by atoms with Crippen molar-refractivity contribution in [3.8, 4) is 11.5 Å². The van der Waals surface area contributed by atoms with Gasteiger partial charge in [-0.25, -0.2) is 23.1 Å². The smallest absolute Gasteiger partial charge is 0.265 e. The van der Waals surface area contributed by atoms with Crippen LogP contribution in [0.5, 0.6) is 11.5 Å². The summed E-state index contributed by atoms with van der Waals surface area (Å²) in [5.41, 5.74) is 2.58. The van der Waals surface area contributed by atoms with Crippen molar-refractivity contribution >= 4 is 28.0 Å². The standard InChI is InChI=1S/C21H20N4O5S/c1-30-18-11-7-8-16(21(18)27)14-23-24-20(26)15-25(19-12-5-6-13-22-19)31(28,29)17-9-3-2-4-10-17/h2-14,27H,15H2,1H3,(H,24,26)/b23-14-. The number of hydrogen-bond donors (Lipinski definition) is 2. The minimum absolute atomic E-state index is 0.0262. The Hall–Kier alpha value is -3.92. The van der Waals surface area contributed by atoms with E-state index in [9.17, 15) is 18.3 Å². The maximum Gasteiger partial charge on any atom is 0.265 e. The second kappa shape index (κ2) is 9.72. The van der Waals surface area contributed by atoms with E-state index >= 15 is 0 Å². The van der Waals surface area contributed by atoms with Crippen LogP contribution >= 0.6 is 0 Å². The largest absolute Gasteiger partial charge is 0.504 e. The molecule has 0 atom stereocenters. The molecule has 0 aliphatic heterocycles. The summed E-state index contributed by atoms with van der Waals surface area (Å²) in [6, 6.07) is 17.3. The summed E-state index contributed by atoms with van der Waals surface area (Å²) in [5, 5.41) is 13.9. The van der Waals surface area contributed by atoms with Crippen molar-refractivity contribution in [3.63, 3.8) is 0 Å². The van der Waals surface area contributed by atoms with Gasteiger partial charge in [0.2, 0.25) is 0 Å². The van der Waals surface area contributed by atoms with Crippen molar-refractivity contribution < 1.29 is 23.1 Å². The molecule has 0 unspecified atom stereocenters. The van der Waals surface area contributed by atoms with Gasteiger partial charge in [-0.1, -0.05) is 30.3 Å². The second-order valence-corrected chi connectivity index (χ2v) is 8.07. The van der Waals surface area contributed by atoms with Gasteiger partial charge in [-0.15, -0.1) is 0 Å². The fraction of sp³-hybridized carbons (Fsp3) is 0.0952. The molecule has 0 radical (unpaired) electrons. The Morgan fingerprint density at radius 1 is 1.13 bits per heavy atom. The molecule has 9 nitrogen and oxygen atoms in total. The van der Waals surface area contributed by atoms with E-state index in [2.05, 4.69) is 15.5 Å². The van der Waals surface area contributed by atoms with E-state index in [1.807, 2.05) is 0 Å². The lowest BCUT2D eigenvalue weighted by atomic mass is 10.2. The van der Waals surface area contributed by atoms with Gasteiger partial charge in [0.1, 0.15) is 12.4 Å². The number of hydrogen-bond acceptors (Lipinski definition) is 7. The van der Waals surface area contributed by atoms with E-state index in [-0.39, 0.29) is 22.2 Å². The predicted molar refractivity (Wildman–Crippen MR) is 116 cm³/mol. The van der Waals surface area contributed by atoms with Gasteiger partial charge in [0.15, 0.2) is 11.5 Å². The van der Waals surface area contributed by atoms with Crippen molar-refractivity contribution in [1.29, 1.82) is 0 Å². The molecule has 31 heavy (non-hydrogen) atoms. The number of nitrogens with zero attached hydrogens (tertiary/aromatic N) is 3. The highest BCUT2D eigenvalue weighted by atomic mass is 32.2. The molecule has 2 aromatic carbocycles. The van der Waals surface area contributed by atoms with Crippen molar-refractivity contribution in [3.05, 3.63) is 78.5 Å². The van der Waals surface area contributed by atoms with E-state index in [4.69, 9.17) is 4.74 Å². The van der Waals surface area contributed by atoms with Gasteiger partial charge in [-0.05, 0) is 36.4 Å². The predicted octanol–water partition coefficient (Wildman–Crippen LogP) is 2.14. The van der Waals surface area contributed by atoms with Crippen LogP contribution in [0.4, 0.5) is 5.82 Å². The number of carbonyl (C=O) groups excluding carboxylic acids is 1. The van der Waals surface area contributed by atoms with Gasteiger partial charge in [0.25, 0.3) is 15.9 Å². The summed E-state index contributed by atoms with van der Waals surface area (Å²) in [5.74, 6) is -0.477. The van der Waals surface area contributed by atoms with Gasteiger partial charge >= 0.3 is 0 Å². The SMILES string of the molecule is COc1cccc(/C=N\NC(=O)CN(c2ccccn2)S(=O)(=O)c2ccccc2)c1O. The number of ether oxygens (including phenoxy) is 1. The zero-order valence-electron chi connectivity index (χ0n) is 16.5. The Morgan fingerprint density at radius 3 is 2.55 bits per heavy atom. The van der Waals surface area contributed by atoms with Crippen LogP contribution in [0.2, 0.25) is 0 Å². The van der Waals surface area contributed by atoms with E-state index in [0.717, 1.165) is 4.31 Å². The number of anilines is 1. The monoisotopic (exact) mass is 440 g/mol. The first-order chi connectivity index (χ1) is 14.9. The van der Waals surface area contributed by atoms with E-state index < -0.39 is 22.5 Å². The molecule has 1 heterocycles. The molecule has 1 aromatic heterocycles. The summed E-state index contributed by atoms with van der Waals surface area (Å²) in [4.78, 5) is 16.5. The molecule has 3 rings (SSSR count). The Morgan fingerprint density at radius 2 is 1.87 bits per heavy atom. The van der Waals surface area contributed by atoms with Gasteiger partial charge in [-0.3, -0.25) is 4.79 Å². The first kappa shape index (κ1) is 21.8. The number of amides is 1. The van der Waals surface area contributed by atoms with E-state index in [0.29, 0.717) is 5.56 Å². The summed E-state index contributed by atoms with van der Waals surface area (Å²) in [6.07, 6.45) is 2.66. The highest BCUT2D eigenvalue weighted by molar-refractivity contribution is 7.92. The number of phenolic OH excluding ortho intramolecular Hbond substituents is 1. The third-order valence-corrected chi connectivity index (χ3v) is 5.93. The van der Waals surface area contributed by atoms with Crippen LogP contribution in [-0.4, -0.2) is 44.3 Å². The number of aromatic hydroxyl groups is 1. The molecule has 2 N–H and O–H groups in total. The van der Waals surface area contributed by atoms with Crippen LogP contribution in [0.15, 0.2) is 82.9 Å². The Labute approximate surface area is 179 Å². The quantitative estimate of drug-likeness (QED) is 0.409. The average Bonchev–Trinajstić information content (AvgIpc) is 2.79. The fourth-order valence-corrected chi connectivity index (χ4v) is 4.05. The lowest BCUT2D eigenvalue weighted by Crippen LogP contribution is -2.40. The van der Waals surface area contributed by atoms with Crippen LogP contribution < -0.4 is 14.5 Å². The lowest BCUT2D eigenvalue weighted by molar-refractivity contribution is -0.119. The molecule has 0 fully saturated rings. The zero-order chi connectivity index (χ0) is 22.3. The minimum Gasteiger partial charge on any atom is -0.504 e. The van der Waals surface area contributed by atoms with Crippen LogP contribution in [0.1, 0.15) is 5.56 Å². The number of benzene rings is 2. The highest BCUT2D eigenvalue weighted by Gasteiger charge is 2.27. The van der Waals surface area contributed by atoms with Crippen LogP contribution in [-0.2, 0) is 14.8 Å². The third kappa shape index (κ3) is 5.17. The molecule has 1 amide bonds. The average molecular weight is 440 g/mol. The van der Waals surface area contributed by atoms with Crippen molar-refractivity contribution in [2.24, 2.45) is 5.10 Å². The molecule has 0 saturated heterocycles. The van der Waals surface area contributed by atoms with Crippen molar-refractivity contribution in [2.75, 3.05) is 18.0 Å². The van der Waals surface area contributed by atoms with Gasteiger partial charge in [0.05, 0.1) is 18.2 Å². The Kier molecular flexibility index (Phi) is 6.83. The summed E-state index contributed by atoms with van der Waals surface area (Å²) in [7, 11) is -2.63. The summed E-state index contributed by atoms with van der Waals surface area (Å²) < 4.78 is 32.1. The van der Waals surface area contributed by atoms with Gasteiger partial charge in [0, 0.05) is 11.8 Å². The molecule has 0 spiro atoms. The number of para-hydroxylation sites is 1. The van der Waals surface area contributed by atoms with Crippen LogP contribution in [0.25, 0.3) is 0 Å². The molecule has 0 bridgehead atoms. The number of phenols is 1. The number of hydrazone groups is 1. The number of pyridine rings is 1. The minimum atomic E-state index is -4.04. The number of aromatic nitrogens is 1. The van der Waals surface area contributed by atoms with Gasteiger partial charge < -0.3 is 9.84 Å². The maximum atomic E-state index is 13.1.